The van der Waals surface area contributed by atoms with E-state index in [2.05, 4.69) is 21.9 Å². The van der Waals surface area contributed by atoms with Crippen LogP contribution in [0.4, 0.5) is 0 Å². The lowest BCUT2D eigenvalue weighted by Crippen LogP contribution is -2.47. The molecule has 4 nitrogen and oxygen atoms in total. The smallest absolute Gasteiger partial charge is 0.222 e. The number of hydrogen-bond donors (Lipinski definition) is 0. The molecular weight excluding hydrogens is 288 g/mol. The van der Waals surface area contributed by atoms with E-state index in [0.717, 1.165) is 57.6 Å². The maximum atomic E-state index is 12.3. The van der Waals surface area contributed by atoms with Gasteiger partial charge in [-0.1, -0.05) is 24.6 Å². The summed E-state index contributed by atoms with van der Waals surface area (Å²) in [5.74, 6) is 1.35. The molecule has 2 aliphatic rings. The van der Waals surface area contributed by atoms with E-state index in [1.807, 2.05) is 12.1 Å². The van der Waals surface area contributed by atoms with Gasteiger partial charge >= 0.3 is 0 Å². The number of hydrogen-bond acceptors (Lipinski definition) is 3. The molecule has 1 aromatic rings. The molecule has 1 amide bonds. The van der Waals surface area contributed by atoms with Crippen molar-refractivity contribution in [3.8, 4) is 5.75 Å². The monoisotopic (exact) mass is 316 g/mol. The highest BCUT2D eigenvalue weighted by Crippen LogP contribution is 2.24. The van der Waals surface area contributed by atoms with Gasteiger partial charge in [-0.05, 0) is 31.7 Å². The van der Waals surface area contributed by atoms with Gasteiger partial charge in [-0.3, -0.25) is 9.69 Å². The van der Waals surface area contributed by atoms with Gasteiger partial charge in [0.15, 0.2) is 0 Å². The molecule has 0 saturated carbocycles. The van der Waals surface area contributed by atoms with E-state index in [9.17, 15) is 4.79 Å². The Hall–Kier alpha value is -1.55. The first-order chi connectivity index (χ1) is 11.3. The standard InChI is InChI=1S/C19H28N2O2/c1-23-18-8-5-4-7-16(18)15-20-13-10-17(11-14-20)21-12-6-2-3-9-19(21)22/h4-5,7-8,17H,2-3,6,9-15H2,1H3. The molecule has 0 aliphatic carbocycles. The van der Waals surface area contributed by atoms with Crippen LogP contribution >= 0.6 is 0 Å². The molecule has 0 radical (unpaired) electrons. The Labute approximate surface area is 139 Å². The third-order valence-corrected chi connectivity index (χ3v) is 5.19. The third kappa shape index (κ3) is 4.05. The molecule has 2 saturated heterocycles. The van der Waals surface area contributed by atoms with Crippen molar-refractivity contribution in [2.24, 2.45) is 0 Å². The molecule has 0 N–H and O–H groups in total. The number of piperidine rings is 1. The normalized spacial score (nSPS) is 21.3. The highest BCUT2D eigenvalue weighted by atomic mass is 16.5. The van der Waals surface area contributed by atoms with Crippen LogP contribution in [0, 0.1) is 0 Å². The van der Waals surface area contributed by atoms with E-state index in [0.29, 0.717) is 11.9 Å². The van der Waals surface area contributed by atoms with Crippen LogP contribution in [0.25, 0.3) is 0 Å². The highest BCUT2D eigenvalue weighted by Gasteiger charge is 2.28. The molecule has 0 unspecified atom stereocenters. The van der Waals surface area contributed by atoms with Crippen LogP contribution in [0.2, 0.25) is 0 Å². The zero-order valence-electron chi connectivity index (χ0n) is 14.2. The first-order valence-corrected chi connectivity index (χ1v) is 8.91. The lowest BCUT2D eigenvalue weighted by atomic mass is 10.0. The van der Waals surface area contributed by atoms with E-state index in [1.54, 1.807) is 7.11 Å². The molecule has 0 atom stereocenters. The van der Waals surface area contributed by atoms with Crippen molar-refractivity contribution < 1.29 is 9.53 Å². The average molecular weight is 316 g/mol. The number of nitrogens with zero attached hydrogens (tertiary/aromatic N) is 2. The minimum absolute atomic E-state index is 0.380. The number of amides is 1. The second-order valence-corrected chi connectivity index (χ2v) is 6.72. The second-order valence-electron chi connectivity index (χ2n) is 6.72. The number of carbonyl (C=O) groups is 1. The SMILES string of the molecule is COc1ccccc1CN1CCC(N2CCCCCC2=O)CC1. The van der Waals surface area contributed by atoms with Gasteiger partial charge in [0, 0.05) is 44.2 Å². The summed E-state index contributed by atoms with van der Waals surface area (Å²) in [4.78, 5) is 16.9. The Balaban J connectivity index is 1.55. The molecule has 1 aromatic carbocycles. The maximum Gasteiger partial charge on any atom is 0.222 e. The summed E-state index contributed by atoms with van der Waals surface area (Å²) in [5, 5.41) is 0. The van der Waals surface area contributed by atoms with Gasteiger partial charge in [0.25, 0.3) is 0 Å². The van der Waals surface area contributed by atoms with Crippen molar-refractivity contribution in [3.05, 3.63) is 29.8 Å². The first-order valence-electron chi connectivity index (χ1n) is 8.91. The van der Waals surface area contributed by atoms with Crippen molar-refractivity contribution in [1.29, 1.82) is 0 Å². The number of ether oxygens (including phenoxy) is 1. The van der Waals surface area contributed by atoms with Gasteiger partial charge in [-0.15, -0.1) is 0 Å². The van der Waals surface area contributed by atoms with Crippen LogP contribution in [-0.4, -0.2) is 48.5 Å². The summed E-state index contributed by atoms with van der Waals surface area (Å²) >= 11 is 0. The van der Waals surface area contributed by atoms with E-state index in [1.165, 1.54) is 18.4 Å². The fourth-order valence-corrected chi connectivity index (χ4v) is 3.85. The van der Waals surface area contributed by atoms with Crippen molar-refractivity contribution in [2.75, 3.05) is 26.7 Å². The zero-order chi connectivity index (χ0) is 16.1. The zero-order valence-corrected chi connectivity index (χ0v) is 14.2. The summed E-state index contributed by atoms with van der Waals surface area (Å²) in [6.45, 7) is 4.03. The Morgan fingerprint density at radius 2 is 1.87 bits per heavy atom. The van der Waals surface area contributed by atoms with Crippen LogP contribution < -0.4 is 4.74 Å². The molecule has 0 spiro atoms. The van der Waals surface area contributed by atoms with Gasteiger partial charge < -0.3 is 9.64 Å². The Bertz CT molecular complexity index is 524. The van der Waals surface area contributed by atoms with E-state index >= 15 is 0 Å². The summed E-state index contributed by atoms with van der Waals surface area (Å²) in [6, 6.07) is 8.70. The summed E-state index contributed by atoms with van der Waals surface area (Å²) < 4.78 is 5.45. The molecule has 23 heavy (non-hydrogen) atoms. The first kappa shape index (κ1) is 16.3. The minimum atomic E-state index is 0.380. The van der Waals surface area contributed by atoms with E-state index in [-0.39, 0.29) is 0 Å². The van der Waals surface area contributed by atoms with Crippen LogP contribution in [0.5, 0.6) is 5.75 Å². The van der Waals surface area contributed by atoms with Crippen molar-refractivity contribution in [3.63, 3.8) is 0 Å². The van der Waals surface area contributed by atoms with E-state index in [4.69, 9.17) is 4.74 Å². The van der Waals surface area contributed by atoms with Gasteiger partial charge in [0.2, 0.25) is 5.91 Å². The fourth-order valence-electron chi connectivity index (χ4n) is 3.85. The van der Waals surface area contributed by atoms with Crippen molar-refractivity contribution >= 4 is 5.91 Å². The van der Waals surface area contributed by atoms with Gasteiger partial charge in [-0.2, -0.15) is 0 Å². The van der Waals surface area contributed by atoms with Crippen molar-refractivity contribution in [1.82, 2.24) is 9.80 Å². The molecule has 4 heteroatoms. The number of benzene rings is 1. The lowest BCUT2D eigenvalue weighted by molar-refractivity contribution is -0.133. The Morgan fingerprint density at radius 3 is 2.65 bits per heavy atom. The van der Waals surface area contributed by atoms with Crippen LogP contribution in [0.1, 0.15) is 44.1 Å². The molecule has 2 aliphatic heterocycles. The van der Waals surface area contributed by atoms with Gasteiger partial charge in [0.05, 0.1) is 7.11 Å². The predicted molar refractivity (Wildman–Crippen MR) is 91.5 cm³/mol. The number of rotatable bonds is 4. The van der Waals surface area contributed by atoms with Crippen LogP contribution in [0.3, 0.4) is 0 Å². The molecule has 0 bridgehead atoms. The molecule has 2 fully saturated rings. The Kier molecular flexibility index (Phi) is 5.55. The van der Waals surface area contributed by atoms with Gasteiger partial charge in [0.1, 0.15) is 5.75 Å². The summed E-state index contributed by atoms with van der Waals surface area (Å²) in [6.07, 6.45) is 6.40. The van der Waals surface area contributed by atoms with Crippen LogP contribution in [0.15, 0.2) is 24.3 Å². The third-order valence-electron chi connectivity index (χ3n) is 5.19. The molecule has 126 valence electrons. The predicted octanol–water partition coefficient (Wildman–Crippen LogP) is 3.06. The van der Waals surface area contributed by atoms with E-state index < -0.39 is 0 Å². The highest BCUT2D eigenvalue weighted by molar-refractivity contribution is 5.76. The lowest BCUT2D eigenvalue weighted by Gasteiger charge is -2.38. The minimum Gasteiger partial charge on any atom is -0.496 e. The number of para-hydroxylation sites is 1. The Morgan fingerprint density at radius 1 is 1.09 bits per heavy atom. The summed E-state index contributed by atoms with van der Waals surface area (Å²) in [7, 11) is 1.73. The summed E-state index contributed by atoms with van der Waals surface area (Å²) in [5.41, 5.74) is 1.25. The molecule has 3 rings (SSSR count). The fraction of sp³-hybridized carbons (Fsp3) is 0.632. The average Bonchev–Trinajstić information content (AvgIpc) is 2.81. The number of carbonyl (C=O) groups excluding carboxylic acids is 1. The molecular formula is C19H28N2O2. The second kappa shape index (κ2) is 7.82. The van der Waals surface area contributed by atoms with Crippen molar-refractivity contribution in [2.45, 2.75) is 51.1 Å². The molecule has 0 aromatic heterocycles. The number of methoxy groups -OCH3 is 1. The number of likely N-dealkylation sites (tertiary alicyclic amines) is 2. The van der Waals surface area contributed by atoms with Gasteiger partial charge in [-0.25, -0.2) is 0 Å². The molecule has 2 heterocycles. The van der Waals surface area contributed by atoms with Crippen LogP contribution in [-0.2, 0) is 11.3 Å². The maximum absolute atomic E-state index is 12.3. The topological polar surface area (TPSA) is 32.8 Å². The quantitative estimate of drug-likeness (QED) is 0.856. The largest absolute Gasteiger partial charge is 0.496 e.